The number of ketones is 2. The largest absolute Gasteiger partial charge is 0.293 e. The SMILES string of the molecule is CC1(C)C(=O)C(C#N)=C[C@@]2(C)C3=CC(=O)C(C#N)=C[C@@]3(C#CC=S)CCC12. The number of thiocarbonyl (C=S) groups is 1. The Bertz CT molecular complexity index is 1020. The summed E-state index contributed by atoms with van der Waals surface area (Å²) in [6, 6.07) is 3.98. The van der Waals surface area contributed by atoms with E-state index in [1.54, 1.807) is 12.2 Å². The smallest absolute Gasteiger partial charge is 0.196 e. The zero-order chi connectivity index (χ0) is 20.0. The summed E-state index contributed by atoms with van der Waals surface area (Å²) in [7, 11) is 0. The minimum absolute atomic E-state index is 0.0649. The van der Waals surface area contributed by atoms with Crippen molar-refractivity contribution in [3.8, 4) is 24.0 Å². The molecule has 0 spiro atoms. The van der Waals surface area contributed by atoms with Crippen LogP contribution in [0.4, 0.5) is 0 Å². The first-order chi connectivity index (χ1) is 12.7. The lowest BCUT2D eigenvalue weighted by Crippen LogP contribution is -2.53. The van der Waals surface area contributed by atoms with Crippen molar-refractivity contribution in [2.24, 2.45) is 22.2 Å². The summed E-state index contributed by atoms with van der Waals surface area (Å²) in [5, 5.41) is 20.2. The molecule has 4 nitrogen and oxygen atoms in total. The normalized spacial score (nSPS) is 33.5. The highest BCUT2D eigenvalue weighted by Crippen LogP contribution is 2.63. The van der Waals surface area contributed by atoms with Gasteiger partial charge in [0.15, 0.2) is 11.6 Å². The van der Waals surface area contributed by atoms with E-state index in [2.05, 4.69) is 11.8 Å². The Morgan fingerprint density at radius 1 is 1.15 bits per heavy atom. The minimum Gasteiger partial charge on any atom is -0.293 e. The molecular weight excluding hydrogens is 356 g/mol. The molecule has 0 bridgehead atoms. The number of rotatable bonds is 0. The summed E-state index contributed by atoms with van der Waals surface area (Å²) >= 11 is 4.85. The Labute approximate surface area is 164 Å². The molecule has 3 rings (SSSR count). The van der Waals surface area contributed by atoms with E-state index in [4.69, 9.17) is 12.2 Å². The lowest BCUT2D eigenvalue weighted by molar-refractivity contribution is -0.130. The third-order valence-corrected chi connectivity index (χ3v) is 6.40. The summed E-state index contributed by atoms with van der Waals surface area (Å²) in [6.45, 7) is 5.68. The van der Waals surface area contributed by atoms with Crippen molar-refractivity contribution in [1.29, 1.82) is 10.5 Å². The molecule has 27 heavy (non-hydrogen) atoms. The molecule has 0 heterocycles. The number of nitrogens with zero attached hydrogens (tertiary/aromatic N) is 2. The van der Waals surface area contributed by atoms with Crippen molar-refractivity contribution in [2.75, 3.05) is 0 Å². The first-order valence-corrected chi connectivity index (χ1v) is 9.17. The molecule has 0 aromatic carbocycles. The van der Waals surface area contributed by atoms with Crippen molar-refractivity contribution >= 4 is 29.2 Å². The van der Waals surface area contributed by atoms with Crippen LogP contribution in [-0.4, -0.2) is 16.9 Å². The molecule has 1 saturated carbocycles. The average molecular weight is 374 g/mol. The molecule has 0 aliphatic heterocycles. The number of carbonyl (C=O) groups is 2. The Morgan fingerprint density at radius 2 is 1.81 bits per heavy atom. The van der Waals surface area contributed by atoms with E-state index in [9.17, 15) is 20.1 Å². The highest BCUT2D eigenvalue weighted by Gasteiger charge is 2.59. The number of hydrogen-bond acceptors (Lipinski definition) is 5. The maximum atomic E-state index is 12.8. The third-order valence-electron chi connectivity index (χ3n) is 6.28. The second-order valence-electron chi connectivity index (χ2n) is 8.05. The lowest BCUT2D eigenvalue weighted by Gasteiger charge is -2.56. The first kappa shape index (κ1) is 19.0. The van der Waals surface area contributed by atoms with Gasteiger partial charge in [-0.15, -0.1) is 0 Å². The van der Waals surface area contributed by atoms with Crippen molar-refractivity contribution in [3.05, 3.63) is 34.9 Å². The first-order valence-electron chi connectivity index (χ1n) is 8.70. The third kappa shape index (κ3) is 2.53. The van der Waals surface area contributed by atoms with E-state index in [0.29, 0.717) is 12.8 Å². The molecule has 0 radical (unpaired) electrons. The van der Waals surface area contributed by atoms with Crippen molar-refractivity contribution in [3.63, 3.8) is 0 Å². The highest BCUT2D eigenvalue weighted by molar-refractivity contribution is 7.79. The fourth-order valence-electron chi connectivity index (χ4n) is 5.09. The van der Waals surface area contributed by atoms with Crippen LogP contribution in [-0.2, 0) is 9.59 Å². The number of hydrogen-bond donors (Lipinski definition) is 0. The van der Waals surface area contributed by atoms with Crippen molar-refractivity contribution < 1.29 is 9.59 Å². The molecule has 3 aliphatic rings. The van der Waals surface area contributed by atoms with Crippen LogP contribution in [0.5, 0.6) is 0 Å². The van der Waals surface area contributed by atoms with Crippen LogP contribution in [0.3, 0.4) is 0 Å². The zero-order valence-electron chi connectivity index (χ0n) is 15.4. The maximum Gasteiger partial charge on any atom is 0.196 e. The van der Waals surface area contributed by atoms with Crippen LogP contribution in [0, 0.1) is 56.7 Å². The lowest BCUT2D eigenvalue weighted by atomic mass is 9.45. The standard InChI is InChI=1S/C22H18N2O2S/c1-20(2)17-5-7-22(6-4-8-27)11-14(12-23)16(25)9-18(22)21(17,3)10-15(13-24)19(20)26/h8-11,17H,5,7H2,1-3H3/t17?,21-,22-/m1/s1. The summed E-state index contributed by atoms with van der Waals surface area (Å²) in [6.07, 6.45) is 6.08. The number of Topliss-reactive ketones (excluding diaryl/α,β-unsaturated/α-hetero) is 1. The van der Waals surface area contributed by atoms with Gasteiger partial charge in [-0.05, 0) is 36.5 Å². The van der Waals surface area contributed by atoms with Gasteiger partial charge >= 0.3 is 0 Å². The molecule has 0 N–H and O–H groups in total. The number of allylic oxidation sites excluding steroid dienone is 6. The fourth-order valence-corrected chi connectivity index (χ4v) is 5.15. The average Bonchev–Trinajstić information content (AvgIpc) is 2.63. The second-order valence-corrected chi connectivity index (χ2v) is 8.28. The van der Waals surface area contributed by atoms with E-state index in [1.807, 2.05) is 32.9 Å². The summed E-state index contributed by atoms with van der Waals surface area (Å²) < 4.78 is 0. The Morgan fingerprint density at radius 3 is 2.41 bits per heavy atom. The number of nitriles is 2. The monoisotopic (exact) mass is 374 g/mol. The van der Waals surface area contributed by atoms with Crippen LogP contribution in [0.1, 0.15) is 33.6 Å². The van der Waals surface area contributed by atoms with E-state index in [0.717, 1.165) is 5.57 Å². The van der Waals surface area contributed by atoms with Gasteiger partial charge in [-0.1, -0.05) is 50.9 Å². The van der Waals surface area contributed by atoms with Gasteiger partial charge in [-0.3, -0.25) is 9.59 Å². The van der Waals surface area contributed by atoms with Crippen LogP contribution in [0.15, 0.2) is 34.9 Å². The van der Waals surface area contributed by atoms with Crippen LogP contribution >= 0.6 is 12.2 Å². The summed E-state index contributed by atoms with van der Waals surface area (Å²) in [5.41, 5.74) is -1.30. The van der Waals surface area contributed by atoms with Gasteiger partial charge in [0, 0.05) is 10.8 Å². The van der Waals surface area contributed by atoms with Gasteiger partial charge in [-0.2, -0.15) is 10.5 Å². The predicted molar refractivity (Wildman–Crippen MR) is 104 cm³/mol. The van der Waals surface area contributed by atoms with Gasteiger partial charge in [0.2, 0.25) is 0 Å². The van der Waals surface area contributed by atoms with Crippen LogP contribution in [0.2, 0.25) is 0 Å². The van der Waals surface area contributed by atoms with Crippen LogP contribution < -0.4 is 0 Å². The molecule has 0 aromatic heterocycles. The zero-order valence-corrected chi connectivity index (χ0v) is 16.2. The van der Waals surface area contributed by atoms with Gasteiger partial charge in [-0.25, -0.2) is 0 Å². The Balaban J connectivity index is 2.33. The molecule has 0 saturated heterocycles. The predicted octanol–water partition coefficient (Wildman–Crippen LogP) is 3.41. The molecule has 1 fully saturated rings. The Hall–Kier alpha value is -2.81. The summed E-state index contributed by atoms with van der Waals surface area (Å²) in [5.74, 6) is 5.36. The van der Waals surface area contributed by atoms with E-state index in [-0.39, 0.29) is 28.6 Å². The quantitative estimate of drug-likeness (QED) is 0.479. The fraction of sp³-hybridized carbons (Fsp3) is 0.409. The topological polar surface area (TPSA) is 81.7 Å². The molecule has 0 amide bonds. The molecule has 3 atom stereocenters. The molecular formula is C22H18N2O2S. The van der Waals surface area contributed by atoms with E-state index < -0.39 is 16.2 Å². The molecule has 3 aliphatic carbocycles. The Kier molecular flexibility index (Phi) is 4.30. The van der Waals surface area contributed by atoms with Gasteiger partial charge in [0.25, 0.3) is 0 Å². The number of fused-ring (bicyclic) bond motifs is 3. The van der Waals surface area contributed by atoms with E-state index >= 15 is 0 Å². The van der Waals surface area contributed by atoms with Crippen molar-refractivity contribution in [1.82, 2.24) is 0 Å². The highest BCUT2D eigenvalue weighted by atomic mass is 32.1. The molecule has 0 aromatic rings. The van der Waals surface area contributed by atoms with Gasteiger partial charge < -0.3 is 0 Å². The van der Waals surface area contributed by atoms with Gasteiger partial charge in [0.05, 0.1) is 21.9 Å². The van der Waals surface area contributed by atoms with Crippen molar-refractivity contribution in [2.45, 2.75) is 33.6 Å². The number of carbonyl (C=O) groups excluding carboxylic acids is 2. The molecule has 1 unspecified atom stereocenters. The molecule has 5 heteroatoms. The second kappa shape index (κ2) is 6.12. The summed E-state index contributed by atoms with van der Waals surface area (Å²) in [4.78, 5) is 25.3. The van der Waals surface area contributed by atoms with Gasteiger partial charge in [0.1, 0.15) is 12.1 Å². The molecule has 134 valence electrons. The van der Waals surface area contributed by atoms with Crippen LogP contribution in [0.25, 0.3) is 0 Å². The minimum atomic E-state index is -0.799. The van der Waals surface area contributed by atoms with E-state index in [1.165, 1.54) is 11.4 Å². The maximum absolute atomic E-state index is 12.8.